The number of fused-ring (bicyclic) bond motifs is 1. The molecule has 2 aromatic carbocycles. The molecule has 0 aromatic heterocycles. The standard InChI is InChI=1S/C15H11FN2O2S/c16-15-6-5-14(7-13(15)8-17)21(19,20)18-9-11-3-1-2-4-12(11)10-18/h1-7H,9-10H2. The van der Waals surface area contributed by atoms with E-state index >= 15 is 0 Å². The van der Waals surface area contributed by atoms with Gasteiger partial charge in [0.05, 0.1) is 10.5 Å². The summed E-state index contributed by atoms with van der Waals surface area (Å²) in [5, 5.41) is 8.82. The molecule has 1 aliphatic heterocycles. The van der Waals surface area contributed by atoms with Gasteiger partial charge in [-0.3, -0.25) is 0 Å². The van der Waals surface area contributed by atoms with Crippen LogP contribution < -0.4 is 0 Å². The molecule has 1 heterocycles. The monoisotopic (exact) mass is 302 g/mol. The summed E-state index contributed by atoms with van der Waals surface area (Å²) in [4.78, 5) is -0.0618. The van der Waals surface area contributed by atoms with Gasteiger partial charge in [-0.05, 0) is 29.3 Å². The lowest BCUT2D eigenvalue weighted by atomic mass is 10.1. The second-order valence-electron chi connectivity index (χ2n) is 4.80. The molecule has 0 unspecified atom stereocenters. The van der Waals surface area contributed by atoms with Crippen LogP contribution >= 0.6 is 0 Å². The quantitative estimate of drug-likeness (QED) is 0.856. The highest BCUT2D eigenvalue weighted by Gasteiger charge is 2.30. The lowest BCUT2D eigenvalue weighted by molar-refractivity contribution is 0.431. The Bertz CT molecular complexity index is 831. The summed E-state index contributed by atoms with van der Waals surface area (Å²) < 4.78 is 39.8. The van der Waals surface area contributed by atoms with Crippen LogP contribution in [0.3, 0.4) is 0 Å². The molecule has 21 heavy (non-hydrogen) atoms. The highest BCUT2D eigenvalue weighted by molar-refractivity contribution is 7.89. The van der Waals surface area contributed by atoms with Crippen molar-refractivity contribution in [3.63, 3.8) is 0 Å². The van der Waals surface area contributed by atoms with Crippen molar-refractivity contribution < 1.29 is 12.8 Å². The van der Waals surface area contributed by atoms with Crippen molar-refractivity contribution in [2.75, 3.05) is 0 Å². The van der Waals surface area contributed by atoms with Gasteiger partial charge < -0.3 is 0 Å². The zero-order chi connectivity index (χ0) is 15.0. The molecule has 0 bridgehead atoms. The maximum atomic E-state index is 13.3. The predicted octanol–water partition coefficient (Wildman–Crippen LogP) is 2.40. The van der Waals surface area contributed by atoms with E-state index < -0.39 is 15.8 Å². The van der Waals surface area contributed by atoms with E-state index in [4.69, 9.17) is 5.26 Å². The van der Waals surface area contributed by atoms with Gasteiger partial charge in [0.25, 0.3) is 0 Å². The number of nitriles is 1. The SMILES string of the molecule is N#Cc1cc(S(=O)(=O)N2Cc3ccccc3C2)ccc1F. The van der Waals surface area contributed by atoms with Crippen LogP contribution in [0.2, 0.25) is 0 Å². The summed E-state index contributed by atoms with van der Waals surface area (Å²) in [6.45, 7) is 0.579. The number of benzene rings is 2. The molecule has 0 aliphatic carbocycles. The van der Waals surface area contributed by atoms with E-state index in [1.807, 2.05) is 24.3 Å². The fourth-order valence-electron chi connectivity index (χ4n) is 2.37. The van der Waals surface area contributed by atoms with Gasteiger partial charge in [0.1, 0.15) is 11.9 Å². The van der Waals surface area contributed by atoms with Crippen LogP contribution in [0, 0.1) is 17.1 Å². The van der Waals surface area contributed by atoms with Crippen molar-refractivity contribution in [1.82, 2.24) is 4.31 Å². The highest BCUT2D eigenvalue weighted by atomic mass is 32.2. The summed E-state index contributed by atoms with van der Waals surface area (Å²) >= 11 is 0. The molecular weight excluding hydrogens is 291 g/mol. The molecule has 6 heteroatoms. The minimum absolute atomic E-state index is 0.0618. The topological polar surface area (TPSA) is 61.2 Å². The summed E-state index contributed by atoms with van der Waals surface area (Å²) in [5.41, 5.74) is 1.65. The summed E-state index contributed by atoms with van der Waals surface area (Å²) in [5.74, 6) is -0.721. The third kappa shape index (κ3) is 2.31. The molecule has 0 fully saturated rings. The molecule has 0 saturated carbocycles. The Morgan fingerprint density at radius 2 is 1.71 bits per heavy atom. The van der Waals surface area contributed by atoms with E-state index in [9.17, 15) is 12.8 Å². The number of nitrogens with zero attached hydrogens (tertiary/aromatic N) is 2. The lowest BCUT2D eigenvalue weighted by Gasteiger charge is -2.15. The van der Waals surface area contributed by atoms with Gasteiger partial charge in [-0.25, -0.2) is 12.8 Å². The minimum Gasteiger partial charge on any atom is -0.207 e. The molecule has 0 radical (unpaired) electrons. The van der Waals surface area contributed by atoms with Gasteiger partial charge in [-0.2, -0.15) is 9.57 Å². The molecule has 0 saturated heterocycles. The van der Waals surface area contributed by atoms with Gasteiger partial charge in [-0.15, -0.1) is 0 Å². The Morgan fingerprint density at radius 1 is 1.10 bits per heavy atom. The van der Waals surface area contributed by atoms with Gasteiger partial charge >= 0.3 is 0 Å². The maximum Gasteiger partial charge on any atom is 0.243 e. The van der Waals surface area contributed by atoms with E-state index in [2.05, 4.69) is 0 Å². The predicted molar refractivity (Wildman–Crippen MR) is 74.0 cm³/mol. The number of halogens is 1. The average Bonchev–Trinajstić information content (AvgIpc) is 2.92. The van der Waals surface area contributed by atoms with Crippen LogP contribution in [0.1, 0.15) is 16.7 Å². The molecule has 106 valence electrons. The van der Waals surface area contributed by atoms with Crippen LogP contribution in [-0.4, -0.2) is 12.7 Å². The van der Waals surface area contributed by atoms with E-state index in [-0.39, 0.29) is 23.5 Å². The van der Waals surface area contributed by atoms with E-state index in [0.29, 0.717) is 0 Å². The number of rotatable bonds is 2. The largest absolute Gasteiger partial charge is 0.243 e. The van der Waals surface area contributed by atoms with Crippen LogP contribution in [0.15, 0.2) is 47.4 Å². The van der Waals surface area contributed by atoms with Crippen LogP contribution in [0.25, 0.3) is 0 Å². The van der Waals surface area contributed by atoms with Crippen molar-refractivity contribution in [3.05, 3.63) is 65.0 Å². The van der Waals surface area contributed by atoms with Crippen molar-refractivity contribution in [2.24, 2.45) is 0 Å². The first-order valence-electron chi connectivity index (χ1n) is 6.29. The maximum absolute atomic E-state index is 13.3. The second-order valence-corrected chi connectivity index (χ2v) is 6.73. The van der Waals surface area contributed by atoms with Gasteiger partial charge in [0.15, 0.2) is 0 Å². The number of sulfonamides is 1. The summed E-state index contributed by atoms with van der Waals surface area (Å²) in [6, 6.07) is 12.4. The normalized spacial score (nSPS) is 14.7. The Kier molecular flexibility index (Phi) is 3.24. The van der Waals surface area contributed by atoms with Crippen LogP contribution in [0.4, 0.5) is 4.39 Å². The second kappa shape index (κ2) is 4.95. The molecule has 1 aliphatic rings. The molecule has 0 N–H and O–H groups in total. The Morgan fingerprint density at radius 3 is 2.29 bits per heavy atom. The van der Waals surface area contributed by atoms with Crippen molar-refractivity contribution in [1.29, 1.82) is 5.26 Å². The minimum atomic E-state index is -3.74. The van der Waals surface area contributed by atoms with E-state index in [0.717, 1.165) is 23.3 Å². The zero-order valence-corrected chi connectivity index (χ0v) is 11.8. The third-order valence-corrected chi connectivity index (χ3v) is 5.30. The summed E-state index contributed by atoms with van der Waals surface area (Å²) in [7, 11) is -3.74. The Balaban J connectivity index is 1.98. The Labute approximate surface area is 122 Å². The van der Waals surface area contributed by atoms with Gasteiger partial charge in [0.2, 0.25) is 10.0 Å². The van der Waals surface area contributed by atoms with E-state index in [1.165, 1.54) is 10.4 Å². The first-order chi connectivity index (χ1) is 10.0. The van der Waals surface area contributed by atoms with E-state index in [1.54, 1.807) is 6.07 Å². The fourth-order valence-corrected chi connectivity index (χ4v) is 3.79. The van der Waals surface area contributed by atoms with Crippen LogP contribution in [0.5, 0.6) is 0 Å². The Hall–Kier alpha value is -2.23. The molecule has 0 spiro atoms. The summed E-state index contributed by atoms with van der Waals surface area (Å²) in [6.07, 6.45) is 0. The average molecular weight is 302 g/mol. The van der Waals surface area contributed by atoms with Crippen molar-refractivity contribution in [2.45, 2.75) is 18.0 Å². The van der Waals surface area contributed by atoms with Crippen LogP contribution in [-0.2, 0) is 23.1 Å². The molecule has 2 aromatic rings. The van der Waals surface area contributed by atoms with Crippen molar-refractivity contribution in [3.8, 4) is 6.07 Å². The molecule has 0 atom stereocenters. The van der Waals surface area contributed by atoms with Crippen molar-refractivity contribution >= 4 is 10.0 Å². The molecule has 4 nitrogen and oxygen atoms in total. The molecule has 0 amide bonds. The van der Waals surface area contributed by atoms with Gasteiger partial charge in [-0.1, -0.05) is 24.3 Å². The number of hydrogen-bond acceptors (Lipinski definition) is 3. The molecular formula is C15H11FN2O2S. The first kappa shape index (κ1) is 13.7. The number of hydrogen-bond donors (Lipinski definition) is 0. The fraction of sp³-hybridized carbons (Fsp3) is 0.133. The third-order valence-electron chi connectivity index (χ3n) is 3.51. The zero-order valence-electron chi connectivity index (χ0n) is 11.0. The lowest BCUT2D eigenvalue weighted by Crippen LogP contribution is -2.25. The first-order valence-corrected chi connectivity index (χ1v) is 7.73. The smallest absolute Gasteiger partial charge is 0.207 e. The highest BCUT2D eigenvalue weighted by Crippen LogP contribution is 2.28. The molecule has 3 rings (SSSR count). The van der Waals surface area contributed by atoms with Gasteiger partial charge in [0, 0.05) is 13.1 Å².